The van der Waals surface area contributed by atoms with Crippen LogP contribution in [0.2, 0.25) is 0 Å². The van der Waals surface area contributed by atoms with Crippen molar-refractivity contribution in [2.45, 2.75) is 45.1 Å². The van der Waals surface area contributed by atoms with E-state index in [9.17, 15) is 27.2 Å². The number of aryl methyl sites for hydroxylation is 1. The highest BCUT2D eigenvalue weighted by Crippen LogP contribution is 2.46. The fraction of sp³-hybridized carbons (Fsp3) is 0.216. The summed E-state index contributed by atoms with van der Waals surface area (Å²) in [5, 5.41) is 6.19. The first-order valence-corrected chi connectivity index (χ1v) is 15.2. The fourth-order valence-corrected chi connectivity index (χ4v) is 6.34. The molecule has 11 heteroatoms. The number of amides is 1. The van der Waals surface area contributed by atoms with E-state index in [1.54, 1.807) is 43.5 Å². The summed E-state index contributed by atoms with van der Waals surface area (Å²) in [6.07, 6.45) is 2.30. The number of pyridine rings is 1. The standard InChI is InChI=1S/C37H31F4N3O4/c1-19-11-12-42-30(13-19)44-37(46)31-20(2)43-27-15-23(21-7-5-4-6-8-21)16-28(45)33(27)32(31)22-9-10-29(47-3)24(14-22)18-48-36-34(40)25(38)17-26(39)35(36)41/h4-14,17,23,32,43H,15-16,18H2,1-3H3,(H,42,44,46)/t23-,32-/m1/s1. The van der Waals surface area contributed by atoms with Gasteiger partial charge in [-0.1, -0.05) is 36.4 Å². The number of hydrogen-bond donors (Lipinski definition) is 2. The number of nitrogens with one attached hydrogen (secondary N) is 2. The topological polar surface area (TPSA) is 89.5 Å². The monoisotopic (exact) mass is 657 g/mol. The van der Waals surface area contributed by atoms with Crippen molar-refractivity contribution in [3.8, 4) is 11.5 Å². The van der Waals surface area contributed by atoms with E-state index in [2.05, 4.69) is 15.6 Å². The van der Waals surface area contributed by atoms with E-state index in [1.165, 1.54) is 7.11 Å². The minimum Gasteiger partial charge on any atom is -0.496 e. The molecule has 1 aliphatic heterocycles. The van der Waals surface area contributed by atoms with Gasteiger partial charge in [-0.15, -0.1) is 0 Å². The van der Waals surface area contributed by atoms with Crippen molar-refractivity contribution < 1.29 is 36.6 Å². The lowest BCUT2D eigenvalue weighted by molar-refractivity contribution is -0.116. The number of halogens is 4. The number of aromatic nitrogens is 1. The minimum atomic E-state index is -1.68. The van der Waals surface area contributed by atoms with E-state index in [1.807, 2.05) is 37.3 Å². The molecule has 0 saturated heterocycles. The average molecular weight is 658 g/mol. The van der Waals surface area contributed by atoms with Gasteiger partial charge in [-0.25, -0.2) is 13.8 Å². The molecule has 2 heterocycles. The molecule has 2 atom stereocenters. The zero-order chi connectivity index (χ0) is 34.1. The van der Waals surface area contributed by atoms with Gasteiger partial charge in [0.1, 0.15) is 18.2 Å². The highest BCUT2D eigenvalue weighted by molar-refractivity contribution is 6.09. The van der Waals surface area contributed by atoms with Crippen molar-refractivity contribution in [3.63, 3.8) is 0 Å². The zero-order valence-electron chi connectivity index (χ0n) is 26.3. The van der Waals surface area contributed by atoms with Crippen LogP contribution in [0.15, 0.2) is 95.5 Å². The van der Waals surface area contributed by atoms with Gasteiger partial charge in [-0.05, 0) is 67.1 Å². The van der Waals surface area contributed by atoms with Crippen LogP contribution in [0.5, 0.6) is 11.5 Å². The number of carbonyl (C=O) groups excluding carboxylic acids is 2. The van der Waals surface area contributed by atoms with Crippen LogP contribution in [0.3, 0.4) is 0 Å². The Morgan fingerprint density at radius 2 is 1.67 bits per heavy atom. The van der Waals surface area contributed by atoms with Gasteiger partial charge in [-0.3, -0.25) is 9.59 Å². The number of allylic oxidation sites excluding steroid dienone is 3. The highest BCUT2D eigenvalue weighted by Gasteiger charge is 2.41. The number of benzene rings is 3. The second kappa shape index (κ2) is 13.3. The van der Waals surface area contributed by atoms with Gasteiger partial charge in [0.2, 0.25) is 11.6 Å². The van der Waals surface area contributed by atoms with Gasteiger partial charge >= 0.3 is 0 Å². The second-order valence-electron chi connectivity index (χ2n) is 11.8. The number of dihydropyridines is 1. The Hall–Kier alpha value is -5.45. The normalized spacial score (nSPS) is 17.5. The summed E-state index contributed by atoms with van der Waals surface area (Å²) in [4.78, 5) is 32.3. The minimum absolute atomic E-state index is 0.0819. The number of carbonyl (C=O) groups is 2. The molecule has 0 radical (unpaired) electrons. The largest absolute Gasteiger partial charge is 0.496 e. The predicted octanol–water partition coefficient (Wildman–Crippen LogP) is 7.53. The molecule has 1 amide bonds. The molecule has 0 unspecified atom stereocenters. The molecule has 0 spiro atoms. The Bertz CT molecular complexity index is 1970. The highest BCUT2D eigenvalue weighted by atomic mass is 19.2. The number of ketones is 1. The number of rotatable bonds is 8. The molecule has 6 rings (SSSR count). The molecular weight excluding hydrogens is 626 g/mol. The molecule has 2 aliphatic rings. The third kappa shape index (κ3) is 6.27. The Labute approximate surface area is 274 Å². The molecular formula is C37H31F4N3O4. The van der Waals surface area contributed by atoms with Crippen molar-refractivity contribution in [2.24, 2.45) is 0 Å². The van der Waals surface area contributed by atoms with E-state index < -0.39 is 47.5 Å². The van der Waals surface area contributed by atoms with E-state index in [0.717, 1.165) is 11.1 Å². The summed E-state index contributed by atoms with van der Waals surface area (Å²) in [7, 11) is 1.37. The van der Waals surface area contributed by atoms with Gasteiger partial charge < -0.3 is 20.1 Å². The number of ether oxygens (including phenoxy) is 2. The summed E-state index contributed by atoms with van der Waals surface area (Å²) >= 11 is 0. The molecule has 1 aliphatic carbocycles. The molecule has 4 aromatic rings. The Morgan fingerprint density at radius 3 is 2.35 bits per heavy atom. The summed E-state index contributed by atoms with van der Waals surface area (Å²) in [5.41, 5.74) is 4.53. The fourth-order valence-electron chi connectivity index (χ4n) is 6.34. The number of anilines is 1. The van der Waals surface area contributed by atoms with Crippen LogP contribution >= 0.6 is 0 Å². The lowest BCUT2D eigenvalue weighted by Gasteiger charge is -2.37. The van der Waals surface area contributed by atoms with Crippen LogP contribution in [0.1, 0.15) is 53.9 Å². The van der Waals surface area contributed by atoms with Crippen LogP contribution < -0.4 is 20.1 Å². The van der Waals surface area contributed by atoms with Crippen LogP contribution in [0.25, 0.3) is 0 Å². The van der Waals surface area contributed by atoms with Crippen LogP contribution in [-0.4, -0.2) is 23.8 Å². The molecule has 7 nitrogen and oxygen atoms in total. The van der Waals surface area contributed by atoms with Gasteiger partial charge in [0.05, 0.1) is 7.11 Å². The summed E-state index contributed by atoms with van der Waals surface area (Å²) in [6, 6.07) is 18.2. The average Bonchev–Trinajstić information content (AvgIpc) is 3.07. The Morgan fingerprint density at radius 1 is 0.938 bits per heavy atom. The third-order valence-electron chi connectivity index (χ3n) is 8.58. The number of Topliss-reactive ketones (excluding diaryl/α,β-unsaturated/α-hetero) is 1. The summed E-state index contributed by atoms with van der Waals surface area (Å²) < 4.78 is 67.3. The van der Waals surface area contributed by atoms with Crippen molar-refractivity contribution in [1.82, 2.24) is 10.3 Å². The van der Waals surface area contributed by atoms with E-state index in [-0.39, 0.29) is 41.1 Å². The van der Waals surface area contributed by atoms with Gasteiger partial charge in [-0.2, -0.15) is 8.78 Å². The third-order valence-corrected chi connectivity index (χ3v) is 8.58. The van der Waals surface area contributed by atoms with Gasteiger partial charge in [0, 0.05) is 52.7 Å². The lowest BCUT2D eigenvalue weighted by Crippen LogP contribution is -2.37. The molecule has 2 N–H and O–H groups in total. The predicted molar refractivity (Wildman–Crippen MR) is 170 cm³/mol. The van der Waals surface area contributed by atoms with Gasteiger partial charge in [0.25, 0.3) is 5.91 Å². The SMILES string of the molecule is COc1ccc([C@@H]2C(C(=O)Nc3cc(C)ccn3)=C(C)NC3=C2C(=O)C[C@H](c2ccccc2)C3)cc1COc1c(F)c(F)cc(F)c1F. The quantitative estimate of drug-likeness (QED) is 0.150. The zero-order valence-corrected chi connectivity index (χ0v) is 26.3. The maximum absolute atomic E-state index is 14.4. The summed E-state index contributed by atoms with van der Waals surface area (Å²) in [6.45, 7) is 3.07. The van der Waals surface area contributed by atoms with E-state index >= 15 is 0 Å². The number of hydrogen-bond acceptors (Lipinski definition) is 6. The van der Waals surface area contributed by atoms with Crippen molar-refractivity contribution in [2.75, 3.05) is 12.4 Å². The molecule has 0 bridgehead atoms. The van der Waals surface area contributed by atoms with Gasteiger partial charge in [0.15, 0.2) is 23.2 Å². The van der Waals surface area contributed by atoms with Crippen molar-refractivity contribution in [1.29, 1.82) is 0 Å². The first-order valence-electron chi connectivity index (χ1n) is 15.2. The summed E-state index contributed by atoms with van der Waals surface area (Å²) in [5.74, 6) is -8.81. The Balaban J connectivity index is 1.43. The molecule has 0 fully saturated rings. The molecule has 246 valence electrons. The van der Waals surface area contributed by atoms with Crippen molar-refractivity contribution in [3.05, 3.63) is 141 Å². The second-order valence-corrected chi connectivity index (χ2v) is 11.8. The maximum atomic E-state index is 14.4. The van der Waals surface area contributed by atoms with Crippen LogP contribution in [-0.2, 0) is 16.2 Å². The first-order chi connectivity index (χ1) is 23.0. The molecule has 0 saturated carbocycles. The Kier molecular flexibility index (Phi) is 9.03. The van der Waals surface area contributed by atoms with Crippen molar-refractivity contribution >= 4 is 17.5 Å². The molecule has 1 aromatic heterocycles. The van der Waals surface area contributed by atoms with E-state index in [4.69, 9.17) is 9.47 Å². The first kappa shape index (κ1) is 32.5. The maximum Gasteiger partial charge on any atom is 0.255 e. The lowest BCUT2D eigenvalue weighted by atomic mass is 9.71. The number of nitrogens with zero attached hydrogens (tertiary/aromatic N) is 1. The van der Waals surface area contributed by atoms with E-state index in [0.29, 0.717) is 34.8 Å². The van der Waals surface area contributed by atoms with Crippen LogP contribution in [0.4, 0.5) is 23.4 Å². The van der Waals surface area contributed by atoms with Crippen LogP contribution in [0, 0.1) is 30.2 Å². The number of methoxy groups -OCH3 is 1. The smallest absolute Gasteiger partial charge is 0.255 e. The molecule has 3 aromatic carbocycles. The molecule has 48 heavy (non-hydrogen) atoms.